The van der Waals surface area contributed by atoms with Crippen LogP contribution in [0.15, 0.2) is 11.6 Å². The summed E-state index contributed by atoms with van der Waals surface area (Å²) >= 11 is 0. The molecule has 0 radical (unpaired) electrons. The van der Waals surface area contributed by atoms with Gasteiger partial charge in [0.2, 0.25) is 0 Å². The molecule has 1 heterocycles. The molecule has 0 unspecified atom stereocenters. The minimum Gasteiger partial charge on any atom is -0.496 e. The minimum absolute atomic E-state index is 0.0711. The summed E-state index contributed by atoms with van der Waals surface area (Å²) < 4.78 is 55.5. The number of fused-ring (bicyclic) bond motifs is 1. The zero-order chi connectivity index (χ0) is 26.5. The maximum Gasteiger partial charge on any atom is 0.471 e. The van der Waals surface area contributed by atoms with E-state index in [0.29, 0.717) is 35.0 Å². The first-order valence-corrected chi connectivity index (χ1v) is 11.3. The molecule has 1 aromatic rings. The van der Waals surface area contributed by atoms with E-state index >= 15 is 0 Å². The fourth-order valence-corrected chi connectivity index (χ4v) is 3.85. The van der Waals surface area contributed by atoms with Crippen LogP contribution in [0.1, 0.15) is 67.1 Å². The summed E-state index contributed by atoms with van der Waals surface area (Å²) in [4.78, 5) is 36.9. The van der Waals surface area contributed by atoms with Gasteiger partial charge in [-0.1, -0.05) is 25.5 Å². The van der Waals surface area contributed by atoms with Gasteiger partial charge in [-0.3, -0.25) is 9.59 Å². The van der Waals surface area contributed by atoms with Gasteiger partial charge in [0.1, 0.15) is 12.4 Å². The van der Waals surface area contributed by atoms with Crippen LogP contribution in [-0.4, -0.2) is 44.8 Å². The van der Waals surface area contributed by atoms with Crippen molar-refractivity contribution in [3.05, 3.63) is 33.9 Å². The highest BCUT2D eigenvalue weighted by molar-refractivity contribution is 6.07. The van der Waals surface area contributed by atoms with Gasteiger partial charge in [0, 0.05) is 24.6 Å². The number of esters is 2. The second-order valence-corrected chi connectivity index (χ2v) is 8.93. The van der Waals surface area contributed by atoms with Gasteiger partial charge in [0.25, 0.3) is 0 Å². The first-order chi connectivity index (χ1) is 16.3. The molecule has 0 fully saturated rings. The van der Waals surface area contributed by atoms with Gasteiger partial charge < -0.3 is 19.1 Å². The van der Waals surface area contributed by atoms with Gasteiger partial charge in [0.15, 0.2) is 0 Å². The smallest absolute Gasteiger partial charge is 0.471 e. The molecule has 1 aliphatic rings. The Balaban J connectivity index is 2.38. The lowest BCUT2D eigenvalue weighted by Gasteiger charge is -2.26. The number of allylic oxidation sites excluding steroid dienone is 2. The van der Waals surface area contributed by atoms with Crippen molar-refractivity contribution in [2.45, 2.75) is 66.2 Å². The summed E-state index contributed by atoms with van der Waals surface area (Å²) in [6.45, 7) is 7.76. The van der Waals surface area contributed by atoms with E-state index in [-0.39, 0.29) is 48.0 Å². The zero-order valence-corrected chi connectivity index (χ0v) is 20.9. The Morgan fingerprint density at radius 1 is 1.23 bits per heavy atom. The lowest BCUT2D eigenvalue weighted by atomic mass is 9.92. The normalized spacial score (nSPS) is 13.5. The van der Waals surface area contributed by atoms with Crippen LogP contribution in [-0.2, 0) is 32.1 Å². The number of hydrogen-bond donors (Lipinski definition) is 0. The average Bonchev–Trinajstić information content (AvgIpc) is 3.16. The highest BCUT2D eigenvalue weighted by Gasteiger charge is 2.44. The van der Waals surface area contributed by atoms with Crippen LogP contribution in [0.5, 0.6) is 5.75 Å². The standard InChI is InChI=1S/C25H32F3NO6/c1-14(2)11-12-34-19(30)10-8-15(3)7-9-17-21(29(5)24(32)25(26,27)28)20-18(13-35-23(20)31)16(4)22(17)33-6/h7,14H,8-13H2,1-6H3. The van der Waals surface area contributed by atoms with Crippen LogP contribution in [0.4, 0.5) is 18.9 Å². The van der Waals surface area contributed by atoms with Gasteiger partial charge >= 0.3 is 24.0 Å². The molecule has 0 atom stereocenters. The number of nitrogens with zero attached hydrogens (tertiary/aromatic N) is 1. The number of halogens is 3. The third-order valence-electron chi connectivity index (χ3n) is 5.87. The highest BCUT2D eigenvalue weighted by Crippen LogP contribution is 2.43. The second-order valence-electron chi connectivity index (χ2n) is 8.93. The minimum atomic E-state index is -5.14. The third-order valence-corrected chi connectivity index (χ3v) is 5.87. The molecule has 0 saturated heterocycles. The maximum atomic E-state index is 13.3. The molecule has 194 valence electrons. The fourth-order valence-electron chi connectivity index (χ4n) is 3.85. The van der Waals surface area contributed by atoms with E-state index < -0.39 is 18.1 Å². The molecule has 0 saturated carbocycles. The number of carbonyl (C=O) groups excluding carboxylic acids is 3. The number of methoxy groups -OCH3 is 1. The van der Waals surface area contributed by atoms with Gasteiger partial charge in [-0.25, -0.2) is 4.79 Å². The van der Waals surface area contributed by atoms with Crippen LogP contribution in [0.2, 0.25) is 0 Å². The van der Waals surface area contributed by atoms with Crippen LogP contribution in [0.25, 0.3) is 0 Å². The highest BCUT2D eigenvalue weighted by atomic mass is 19.4. The van der Waals surface area contributed by atoms with Crippen molar-refractivity contribution in [3.8, 4) is 5.75 Å². The number of anilines is 1. The fraction of sp³-hybridized carbons (Fsp3) is 0.560. The summed E-state index contributed by atoms with van der Waals surface area (Å²) in [6, 6.07) is 0. The molecule has 1 aliphatic heterocycles. The SMILES string of the molecule is COc1c(C)c2c(c(N(C)C(=O)C(F)(F)F)c1CC=C(C)CCC(=O)OCCC(C)C)C(=O)OC2. The largest absolute Gasteiger partial charge is 0.496 e. The number of amides is 1. The zero-order valence-electron chi connectivity index (χ0n) is 20.9. The predicted octanol–water partition coefficient (Wildman–Crippen LogP) is 5.06. The number of alkyl halides is 3. The van der Waals surface area contributed by atoms with Gasteiger partial charge in [-0.05, 0) is 44.6 Å². The number of cyclic esters (lactones) is 1. The molecule has 2 rings (SSSR count). The summed E-state index contributed by atoms with van der Waals surface area (Å²) in [5.74, 6) is -2.55. The van der Waals surface area contributed by atoms with Crippen molar-refractivity contribution in [3.63, 3.8) is 0 Å². The van der Waals surface area contributed by atoms with E-state index in [0.717, 1.165) is 19.0 Å². The molecule has 0 aliphatic carbocycles. The second kappa shape index (κ2) is 11.6. The molecule has 35 heavy (non-hydrogen) atoms. The molecule has 7 nitrogen and oxygen atoms in total. The van der Waals surface area contributed by atoms with Crippen LogP contribution in [0, 0.1) is 12.8 Å². The van der Waals surface area contributed by atoms with E-state index in [4.69, 9.17) is 14.2 Å². The van der Waals surface area contributed by atoms with E-state index in [9.17, 15) is 27.6 Å². The van der Waals surface area contributed by atoms with Crippen molar-refractivity contribution in [1.82, 2.24) is 0 Å². The Kier molecular flexibility index (Phi) is 9.34. The van der Waals surface area contributed by atoms with Crippen molar-refractivity contribution in [2.75, 3.05) is 25.7 Å². The lowest BCUT2D eigenvalue weighted by molar-refractivity contribution is -0.170. The Morgan fingerprint density at radius 3 is 2.46 bits per heavy atom. The molecule has 0 bridgehead atoms. The summed E-state index contributed by atoms with van der Waals surface area (Å²) in [5.41, 5.74) is 1.73. The number of hydrogen-bond acceptors (Lipinski definition) is 6. The molecule has 1 aromatic carbocycles. The van der Waals surface area contributed by atoms with Crippen LogP contribution in [0.3, 0.4) is 0 Å². The molecular formula is C25H32F3NO6. The Morgan fingerprint density at radius 2 is 1.89 bits per heavy atom. The predicted molar refractivity (Wildman–Crippen MR) is 123 cm³/mol. The molecule has 1 amide bonds. The topological polar surface area (TPSA) is 82.1 Å². The van der Waals surface area contributed by atoms with Crippen molar-refractivity contribution in [2.24, 2.45) is 5.92 Å². The third kappa shape index (κ3) is 6.76. The number of ether oxygens (including phenoxy) is 3. The Bertz CT molecular complexity index is 1010. The molecule has 0 N–H and O–H groups in total. The number of rotatable bonds is 10. The Labute approximate surface area is 203 Å². The van der Waals surface area contributed by atoms with E-state index in [1.165, 1.54) is 7.11 Å². The van der Waals surface area contributed by atoms with Gasteiger partial charge in [0.05, 0.1) is 25.0 Å². The molecule has 10 heteroatoms. The quantitative estimate of drug-likeness (QED) is 0.331. The van der Waals surface area contributed by atoms with Crippen LogP contribution < -0.4 is 9.64 Å². The summed E-state index contributed by atoms with van der Waals surface area (Å²) in [5, 5.41) is 0. The number of carbonyl (C=O) groups is 3. The molecular weight excluding hydrogens is 467 g/mol. The first kappa shape index (κ1) is 28.2. The van der Waals surface area contributed by atoms with Gasteiger partial charge in [-0.15, -0.1) is 0 Å². The van der Waals surface area contributed by atoms with Gasteiger partial charge in [-0.2, -0.15) is 13.2 Å². The first-order valence-electron chi connectivity index (χ1n) is 11.3. The summed E-state index contributed by atoms with van der Waals surface area (Å²) in [6.07, 6.45) is -2.01. The van der Waals surface area contributed by atoms with Crippen molar-refractivity contribution >= 4 is 23.5 Å². The van der Waals surface area contributed by atoms with Crippen molar-refractivity contribution in [1.29, 1.82) is 0 Å². The molecule has 0 aromatic heterocycles. The number of benzene rings is 1. The van der Waals surface area contributed by atoms with E-state index in [1.807, 2.05) is 13.8 Å². The van der Waals surface area contributed by atoms with E-state index in [2.05, 4.69) is 0 Å². The monoisotopic (exact) mass is 499 g/mol. The maximum absolute atomic E-state index is 13.3. The average molecular weight is 500 g/mol. The van der Waals surface area contributed by atoms with E-state index in [1.54, 1.807) is 19.9 Å². The molecule has 0 spiro atoms. The Hall–Kier alpha value is -3.04. The lowest BCUT2D eigenvalue weighted by Crippen LogP contribution is -2.39. The van der Waals surface area contributed by atoms with Crippen molar-refractivity contribution < 1.29 is 41.8 Å². The van der Waals surface area contributed by atoms with Crippen LogP contribution >= 0.6 is 0 Å². The summed E-state index contributed by atoms with van der Waals surface area (Å²) in [7, 11) is 2.34.